The zero-order valence-corrected chi connectivity index (χ0v) is 250. The predicted octanol–water partition coefficient (Wildman–Crippen LogP) is -10.2. The monoisotopic (exact) mass is 2980 g/mol. The van der Waals surface area contributed by atoms with Gasteiger partial charge in [0, 0.05) is 63.1 Å². The molecule has 0 bridgehead atoms. The molecular formula is C57H65ClF3K51N6O4. The van der Waals surface area contributed by atoms with Gasteiger partial charge < -0.3 is 26.6 Å². The first-order valence-electron chi connectivity index (χ1n) is 46.2. The molecule has 0 fully saturated rings. The predicted molar refractivity (Wildman–Crippen MR) is 576 cm³/mol. The van der Waals surface area contributed by atoms with Crippen LogP contribution in [0.3, 0.4) is 0 Å². The standard InChI is InChI=1S/C19H19FN2O2.C17H13FN2O.C16H15FN2.C3H8O.2CH4.ClH.51K.H/c1-3-12-22(14-16-4-8-17(20)9-5-16)18-10-6-15(7-11-18)13-19(23)21(2)24;1-2-11-20(12-14-3-5-15(18)6-4-14)17-9-7-16(8-10-17)19-13-21;1-2-11-19(16-9-7-15(18)8-10-16)12-13-3-5-14(17)6-4-13;1-3-4-2;;;;;;;;;;;;;;;;;;;;;;;;;;;;;;;;;;;;;;;;;;;;;;;;;;;;;;;/h1,4-11,24H,12-14H2,2H3;1,3-10H,11-12H2;1,3-10H,11-12,18H2;3H2,1-2H3;2*1H4;1H;;;;;;;;;;;;;;;;;;;;;;;;;;;;;;;;;;;;;;;;;;;;;;;;;;;;/q;;;;;;;;;;;;;;;;;;;;;;;;;;;;;;;;;;;;;;;;;;;;;;;;;;;;;;;;;+1;-1. The molecular weight excluding hydrogens is 2920 g/mol. The fourth-order valence-electron chi connectivity index (χ4n) is 6.07. The number of carbonyl (C=O) groups is 1. The van der Waals surface area contributed by atoms with Gasteiger partial charge in [-0.2, -0.15) is 4.99 Å². The zero-order valence-electron chi connectivity index (χ0n) is 90.8. The first kappa shape index (κ1) is 262. The maximum absolute atomic E-state index is 13.0. The van der Waals surface area contributed by atoms with Crippen molar-refractivity contribution < 1.29 is 85.5 Å². The third-order valence-corrected chi connectivity index (χ3v) is 9.66. The Morgan fingerprint density at radius 1 is 0.377 bits per heavy atom. The number of amides is 1. The molecule has 0 aliphatic rings. The summed E-state index contributed by atoms with van der Waals surface area (Å²) in [4.78, 5) is 31.2. The van der Waals surface area contributed by atoms with Crippen molar-refractivity contribution in [2.24, 2.45) is 4.99 Å². The molecule has 3 N–H and O–H groups in total. The van der Waals surface area contributed by atoms with Crippen LogP contribution in [0.2, 0.25) is 0 Å². The van der Waals surface area contributed by atoms with Crippen LogP contribution >= 0.6 is 12.4 Å². The molecule has 0 saturated carbocycles. The molecule has 10 nitrogen and oxygen atoms in total. The van der Waals surface area contributed by atoms with Crippen LogP contribution in [0.5, 0.6) is 0 Å². The molecule has 65 heteroatoms. The van der Waals surface area contributed by atoms with Crippen LogP contribution in [0.1, 0.15) is 45.5 Å². The zero-order chi connectivity index (χ0) is 99.7. The molecule has 0 atom stereocenters. The van der Waals surface area contributed by atoms with E-state index >= 15 is 0 Å². The summed E-state index contributed by atoms with van der Waals surface area (Å²) in [5.41, 5.74) is 13.4. The average Bonchev–Trinajstić information content (AvgIpc) is 0.868. The molecule has 122 heavy (non-hydrogen) atoms. The molecule has 0 aliphatic carbocycles. The Balaban J connectivity index is -0.0000000326. The number of benzene rings is 6. The molecule has 0 aliphatic heterocycles. The Labute approximate surface area is 1930 Å². The number of carbonyl (C=O) groups excluding carboxylic acids is 2. The summed E-state index contributed by atoms with van der Waals surface area (Å²) in [6.45, 7) is 5.86. The molecule has 0 radical (unpaired) electrons. The van der Waals surface area contributed by atoms with Crippen molar-refractivity contribution in [1.29, 1.82) is 0 Å². The fourth-order valence-corrected chi connectivity index (χ4v) is 6.07. The summed E-state index contributed by atoms with van der Waals surface area (Å²) >= 11 is 62.5. The molecule has 1 amide bonds. The minimum absolute atomic E-state index is 0. The van der Waals surface area contributed by atoms with Crippen LogP contribution in [0.25, 0.3) is 0 Å². The van der Waals surface area contributed by atoms with Crippen molar-refractivity contribution in [2.45, 2.75) is 47.8 Å². The summed E-state index contributed by atoms with van der Waals surface area (Å²) in [6.07, 6.45) is 17.9. The fraction of sp³-hybridized carbons (Fsp3) is 0.228. The number of halogens is 4. The van der Waals surface area contributed by atoms with Crippen LogP contribution in [-0.2, 0) is 40.4 Å². The second-order valence-corrected chi connectivity index (χ2v) is 14.7. The van der Waals surface area contributed by atoms with Crippen molar-refractivity contribution in [3.8, 4) is 37.0 Å². The number of hydrogen-bond donors (Lipinski definition) is 2. The van der Waals surface area contributed by atoms with Crippen molar-refractivity contribution in [2.75, 3.05) is 60.8 Å². The van der Waals surface area contributed by atoms with Gasteiger partial charge in [0.2, 0.25) is 12.0 Å². The maximum atomic E-state index is 13.0. The summed E-state index contributed by atoms with van der Waals surface area (Å²) < 4.78 is 43.4. The molecule has 6 rings (SSSR count). The molecule has 0 heterocycles. The van der Waals surface area contributed by atoms with Gasteiger partial charge in [0.1, 0.15) is 17.5 Å². The molecule has 0 spiro atoms. The van der Waals surface area contributed by atoms with Gasteiger partial charge in [-0.05, 0) is 126 Å². The molecule has 0 saturated heterocycles. The summed E-state index contributed by atoms with van der Waals surface area (Å²) in [6, 6.07) is 41.0. The van der Waals surface area contributed by atoms with E-state index in [9.17, 15) is 22.8 Å². The number of hydrogen-bond acceptors (Lipinski definition) is 9. The number of nitrogens with zero attached hydrogens (tertiary/aromatic N) is 5. The van der Waals surface area contributed by atoms with Crippen molar-refractivity contribution in [3.05, 3.63) is 185 Å². The number of anilines is 4. The van der Waals surface area contributed by atoms with Gasteiger partial charge in [0.05, 0.1) is 31.7 Å². The number of terminal acetylenes is 3. The van der Waals surface area contributed by atoms with E-state index in [-0.39, 0.29) is 110 Å². The van der Waals surface area contributed by atoms with Gasteiger partial charge in [-0.3, -0.25) is 10.0 Å². The van der Waals surface area contributed by atoms with Gasteiger partial charge in [0.15, 0.2) is 0 Å². The Morgan fingerprint density at radius 3 is 0.713 bits per heavy atom. The summed E-state index contributed by atoms with van der Waals surface area (Å²) in [5.74, 6) is 6.70. The average molecular weight is 2980 g/mol. The second-order valence-electron chi connectivity index (χ2n) is 14.7. The summed E-state index contributed by atoms with van der Waals surface area (Å²) in [7, 11) is 2.98. The van der Waals surface area contributed by atoms with Crippen LogP contribution in [-0.4, -0.2) is 1640 Å². The van der Waals surface area contributed by atoms with E-state index < -0.39 is 0 Å². The first-order valence-corrected chi connectivity index (χ1v) is 446. The van der Waals surface area contributed by atoms with Crippen molar-refractivity contribution in [1.82, 2.24) is 5.06 Å². The van der Waals surface area contributed by atoms with Crippen LogP contribution in [0.4, 0.5) is 41.6 Å². The Bertz CT molecular complexity index is 2720. The van der Waals surface area contributed by atoms with E-state index in [2.05, 4.69) is 27.5 Å². The van der Waals surface area contributed by atoms with E-state index in [0.717, 1.165) is 45.9 Å². The van der Waals surface area contributed by atoms with Gasteiger partial charge >= 0.3 is 1630 Å². The quantitative estimate of drug-likeness (QED) is 0.0187. The SMILES string of the molecule is C.C.C#CCN(Cc1ccc(F)cc1)c1ccc(CC(=O)N(C)O)cc1.C#CCN(Cc1ccc(F)cc1)c1ccc(N)cc1.C#CCN(Cc1ccc(F)cc1)c1ccc(N=C=O)cc1.CCOC.Cl.[H-].[K+].[K][K].[K][K].[K][K].[K][K].[K][K].[K][K].[K][K].[K][K].[K][K].[K][K].[K][K].[K][K].[K][K].[K][K].[K][K].[K][K].[K][K].[K][K].[K][K].[K][K].[K][K].[K][K].[K][K].[K][K].[K][K]. The topological polar surface area (TPSA) is 115 Å². The normalized spacial score (nSPS) is 7.05. The van der Waals surface area contributed by atoms with Gasteiger partial charge in [-0.1, -0.05) is 81.1 Å². The number of rotatable bonds is 16. The molecule has 0 unspecified atom stereocenters. The number of nitrogens with two attached hydrogens (primary N) is 1. The number of ether oxygens (including phenoxy) is 1. The molecule has 6 aromatic rings. The van der Waals surface area contributed by atoms with Gasteiger partial charge in [-0.25, -0.2) is 23.0 Å². The number of isocyanates is 1. The Kier molecular flexibility index (Phi) is 597. The van der Waals surface area contributed by atoms with E-state index in [4.69, 9.17) is 30.2 Å². The third-order valence-electron chi connectivity index (χ3n) is 9.66. The molecule has 6 aromatic carbocycles. The van der Waals surface area contributed by atoms with Crippen LogP contribution in [0, 0.1) is 54.5 Å². The van der Waals surface area contributed by atoms with E-state index in [1.807, 2.05) is 82.3 Å². The van der Waals surface area contributed by atoms with Crippen LogP contribution in [0.15, 0.2) is 151 Å². The number of nitrogen functional groups attached to an aromatic ring is 1. The molecule has 0 aromatic heterocycles. The van der Waals surface area contributed by atoms with E-state index in [1.54, 1.807) is 55.6 Å². The Hall–Kier alpha value is 75.5. The minimum atomic E-state index is -0.380. The van der Waals surface area contributed by atoms with E-state index in [0.29, 0.717) is 55.7 Å². The van der Waals surface area contributed by atoms with Crippen LogP contribution < -0.4 is 71.8 Å². The van der Waals surface area contributed by atoms with Crippen molar-refractivity contribution in [3.63, 3.8) is 0 Å². The number of likely N-dealkylation sites (N-methyl/N-ethyl adjacent to an activating group) is 1. The number of hydroxylamine groups is 2. The number of methoxy groups -OCH3 is 1. The number of aliphatic imine (C=N–C) groups is 1. The first-order chi connectivity index (χ1) is 57.8. The third kappa shape index (κ3) is 227. The molecule has 426 valence electrons. The van der Waals surface area contributed by atoms with E-state index in [1.165, 1.54) is 1630 Å². The van der Waals surface area contributed by atoms with Crippen molar-refractivity contribution >= 4 is 1630 Å². The van der Waals surface area contributed by atoms with Gasteiger partial charge in [0.25, 0.3) is 0 Å². The second kappa shape index (κ2) is 278. The Morgan fingerprint density at radius 2 is 0.549 bits per heavy atom. The summed E-state index contributed by atoms with van der Waals surface area (Å²) in [5, 5.41) is 9.68. The van der Waals surface area contributed by atoms with Gasteiger partial charge in [-0.15, -0.1) is 31.7 Å².